The van der Waals surface area contributed by atoms with E-state index in [4.69, 9.17) is 5.11 Å². The van der Waals surface area contributed by atoms with Crippen molar-refractivity contribution in [2.45, 2.75) is 31.9 Å². The number of carbonyl (C=O) groups is 2. The second-order valence-electron chi connectivity index (χ2n) is 3.08. The maximum Gasteiger partial charge on any atom is 0.329 e. The first-order valence-electron chi connectivity index (χ1n) is 4.28. The molecule has 2 unspecified atom stereocenters. The minimum absolute atomic E-state index is 0.219. The fourth-order valence-electron chi connectivity index (χ4n) is 1.56. The molecule has 5 heteroatoms. The van der Waals surface area contributed by atoms with Gasteiger partial charge in [0, 0.05) is 13.0 Å². The Balaban J connectivity index is 2.75. The Hall–Kier alpha value is -1.10. The van der Waals surface area contributed by atoms with E-state index in [1.807, 2.05) is 0 Å². The fourth-order valence-corrected chi connectivity index (χ4v) is 1.56. The van der Waals surface area contributed by atoms with Crippen LogP contribution in [0.2, 0.25) is 0 Å². The summed E-state index contributed by atoms with van der Waals surface area (Å²) in [7, 11) is 0. The van der Waals surface area contributed by atoms with Crippen LogP contribution in [0.4, 0.5) is 0 Å². The molecule has 0 spiro atoms. The molecule has 1 rings (SSSR count). The first-order chi connectivity index (χ1) is 6.07. The van der Waals surface area contributed by atoms with Crippen LogP contribution in [0.3, 0.4) is 0 Å². The Labute approximate surface area is 76.0 Å². The second kappa shape index (κ2) is 3.74. The largest absolute Gasteiger partial charge is 0.480 e. The normalized spacial score (nSPS) is 27.7. The molecule has 0 saturated carbocycles. The Kier molecular flexibility index (Phi) is 2.87. The number of amides is 1. The molecule has 0 aromatic rings. The van der Waals surface area contributed by atoms with Gasteiger partial charge >= 0.3 is 5.97 Å². The van der Waals surface area contributed by atoms with E-state index in [0.29, 0.717) is 13.0 Å². The highest BCUT2D eigenvalue weighted by molar-refractivity contribution is 5.84. The van der Waals surface area contributed by atoms with Crippen LogP contribution in [-0.2, 0) is 9.59 Å². The summed E-state index contributed by atoms with van der Waals surface area (Å²) in [5, 5.41) is 18.0. The number of carbonyl (C=O) groups excluding carboxylic acids is 1. The SMILES string of the molecule is CCC(=O)N1CCC(O)C1C(=O)O. The molecular weight excluding hydrogens is 174 g/mol. The van der Waals surface area contributed by atoms with Crippen LogP contribution >= 0.6 is 0 Å². The van der Waals surface area contributed by atoms with E-state index in [0.717, 1.165) is 0 Å². The van der Waals surface area contributed by atoms with Crippen LogP contribution < -0.4 is 0 Å². The number of likely N-dealkylation sites (tertiary alicyclic amines) is 1. The summed E-state index contributed by atoms with van der Waals surface area (Å²) < 4.78 is 0. The third-order valence-corrected chi connectivity index (χ3v) is 2.24. The topological polar surface area (TPSA) is 77.8 Å². The average Bonchev–Trinajstić information content (AvgIpc) is 2.45. The third kappa shape index (κ3) is 1.80. The van der Waals surface area contributed by atoms with Gasteiger partial charge in [0.1, 0.15) is 0 Å². The van der Waals surface area contributed by atoms with E-state index in [1.54, 1.807) is 6.92 Å². The molecule has 0 bridgehead atoms. The smallest absolute Gasteiger partial charge is 0.329 e. The lowest BCUT2D eigenvalue weighted by Gasteiger charge is -2.21. The highest BCUT2D eigenvalue weighted by Gasteiger charge is 2.40. The molecule has 2 N–H and O–H groups in total. The van der Waals surface area contributed by atoms with Crippen LogP contribution in [0.25, 0.3) is 0 Å². The van der Waals surface area contributed by atoms with Crippen molar-refractivity contribution in [2.24, 2.45) is 0 Å². The van der Waals surface area contributed by atoms with Crippen LogP contribution in [0.15, 0.2) is 0 Å². The molecule has 13 heavy (non-hydrogen) atoms. The second-order valence-corrected chi connectivity index (χ2v) is 3.08. The van der Waals surface area contributed by atoms with Gasteiger partial charge < -0.3 is 15.1 Å². The van der Waals surface area contributed by atoms with Gasteiger partial charge in [-0.2, -0.15) is 0 Å². The monoisotopic (exact) mass is 187 g/mol. The molecule has 0 aliphatic carbocycles. The van der Waals surface area contributed by atoms with Crippen LogP contribution in [0.5, 0.6) is 0 Å². The summed E-state index contributed by atoms with van der Waals surface area (Å²) in [6.07, 6.45) is -0.299. The lowest BCUT2D eigenvalue weighted by atomic mass is 10.2. The first-order valence-corrected chi connectivity index (χ1v) is 4.28. The number of aliphatic carboxylic acids is 1. The number of aliphatic hydroxyl groups is 1. The van der Waals surface area contributed by atoms with Gasteiger partial charge in [0.15, 0.2) is 6.04 Å². The van der Waals surface area contributed by atoms with Gasteiger partial charge in [0.25, 0.3) is 0 Å². The molecule has 1 aliphatic rings. The summed E-state index contributed by atoms with van der Waals surface area (Å²) in [6, 6.07) is -1.05. The molecule has 5 nitrogen and oxygen atoms in total. The van der Waals surface area contributed by atoms with E-state index in [2.05, 4.69) is 0 Å². The van der Waals surface area contributed by atoms with Gasteiger partial charge in [-0.1, -0.05) is 6.92 Å². The number of carboxylic acids is 1. The minimum Gasteiger partial charge on any atom is -0.480 e. The van der Waals surface area contributed by atoms with Gasteiger partial charge in [-0.3, -0.25) is 4.79 Å². The maximum atomic E-state index is 11.2. The van der Waals surface area contributed by atoms with Crippen molar-refractivity contribution in [3.05, 3.63) is 0 Å². The Morgan fingerprint density at radius 1 is 1.54 bits per heavy atom. The van der Waals surface area contributed by atoms with Crippen LogP contribution in [0.1, 0.15) is 19.8 Å². The molecule has 74 valence electrons. The van der Waals surface area contributed by atoms with Crippen LogP contribution in [-0.4, -0.2) is 45.7 Å². The van der Waals surface area contributed by atoms with Crippen molar-refractivity contribution in [2.75, 3.05) is 6.54 Å². The highest BCUT2D eigenvalue weighted by atomic mass is 16.4. The number of aliphatic hydroxyl groups excluding tert-OH is 1. The van der Waals surface area contributed by atoms with E-state index < -0.39 is 18.1 Å². The molecule has 1 aliphatic heterocycles. The molecule has 1 fully saturated rings. The van der Waals surface area contributed by atoms with Crippen molar-refractivity contribution < 1.29 is 19.8 Å². The van der Waals surface area contributed by atoms with Crippen molar-refractivity contribution in [1.29, 1.82) is 0 Å². The number of rotatable bonds is 2. The first kappa shape index (κ1) is 9.98. The predicted molar refractivity (Wildman–Crippen MR) is 44.1 cm³/mol. The summed E-state index contributed by atoms with van der Waals surface area (Å²) in [6.45, 7) is 2.01. The van der Waals surface area contributed by atoms with E-state index in [1.165, 1.54) is 4.90 Å². The van der Waals surface area contributed by atoms with Gasteiger partial charge in [0.05, 0.1) is 6.10 Å². The number of hydrogen-bond donors (Lipinski definition) is 2. The quantitative estimate of drug-likeness (QED) is 0.607. The molecule has 1 heterocycles. The molecule has 2 atom stereocenters. The molecular formula is C8H13NO4. The fraction of sp³-hybridized carbons (Fsp3) is 0.750. The summed E-state index contributed by atoms with van der Waals surface area (Å²) in [5.41, 5.74) is 0. The van der Waals surface area contributed by atoms with Gasteiger partial charge in [-0.05, 0) is 6.42 Å². The Morgan fingerprint density at radius 2 is 2.15 bits per heavy atom. The molecule has 1 amide bonds. The zero-order valence-corrected chi connectivity index (χ0v) is 7.43. The van der Waals surface area contributed by atoms with E-state index in [9.17, 15) is 14.7 Å². The number of carboxylic acid groups (broad SMARTS) is 1. The lowest BCUT2D eigenvalue weighted by Crippen LogP contribution is -2.44. The van der Waals surface area contributed by atoms with Crippen molar-refractivity contribution in [3.63, 3.8) is 0 Å². The lowest BCUT2D eigenvalue weighted by molar-refractivity contribution is -0.150. The van der Waals surface area contributed by atoms with Gasteiger partial charge in [0.2, 0.25) is 5.91 Å². The number of nitrogens with zero attached hydrogens (tertiary/aromatic N) is 1. The van der Waals surface area contributed by atoms with Gasteiger partial charge in [-0.25, -0.2) is 4.79 Å². The standard InChI is InChI=1S/C8H13NO4/c1-2-6(11)9-4-3-5(10)7(9)8(12)13/h5,7,10H,2-4H2,1H3,(H,12,13). The number of hydrogen-bond acceptors (Lipinski definition) is 3. The van der Waals surface area contributed by atoms with Crippen LogP contribution in [0, 0.1) is 0 Å². The predicted octanol–water partition coefficient (Wildman–Crippen LogP) is -0.557. The minimum atomic E-state index is -1.13. The zero-order chi connectivity index (χ0) is 10.0. The maximum absolute atomic E-state index is 11.2. The molecule has 0 aromatic carbocycles. The van der Waals surface area contributed by atoms with Gasteiger partial charge in [-0.15, -0.1) is 0 Å². The van der Waals surface area contributed by atoms with E-state index in [-0.39, 0.29) is 12.3 Å². The summed E-state index contributed by atoms with van der Waals surface area (Å²) >= 11 is 0. The van der Waals surface area contributed by atoms with Crippen molar-refractivity contribution in [3.8, 4) is 0 Å². The van der Waals surface area contributed by atoms with Crippen molar-refractivity contribution in [1.82, 2.24) is 4.90 Å². The Morgan fingerprint density at radius 3 is 2.62 bits per heavy atom. The molecule has 0 radical (unpaired) electrons. The zero-order valence-electron chi connectivity index (χ0n) is 7.43. The third-order valence-electron chi connectivity index (χ3n) is 2.24. The summed E-state index contributed by atoms with van der Waals surface area (Å²) in [5.74, 6) is -1.35. The highest BCUT2D eigenvalue weighted by Crippen LogP contribution is 2.18. The molecule has 1 saturated heterocycles. The summed E-state index contributed by atoms with van der Waals surface area (Å²) in [4.78, 5) is 23.1. The van der Waals surface area contributed by atoms with Crippen molar-refractivity contribution >= 4 is 11.9 Å². The van der Waals surface area contributed by atoms with E-state index >= 15 is 0 Å². The molecule has 0 aromatic heterocycles. The Bertz CT molecular complexity index is 228. The average molecular weight is 187 g/mol.